The third kappa shape index (κ3) is 4.89. The highest BCUT2D eigenvalue weighted by Crippen LogP contribution is 2.19. The molecule has 2 aromatic carbocycles. The van der Waals surface area contributed by atoms with Gasteiger partial charge in [-0.05, 0) is 36.4 Å². The minimum Gasteiger partial charge on any atom is -0.497 e. The van der Waals surface area contributed by atoms with Crippen LogP contribution in [0.15, 0.2) is 53.1 Å². The van der Waals surface area contributed by atoms with Gasteiger partial charge >= 0.3 is 11.8 Å². The van der Waals surface area contributed by atoms with Gasteiger partial charge in [0.2, 0.25) is 5.82 Å². The molecule has 0 aliphatic carbocycles. The van der Waals surface area contributed by atoms with Gasteiger partial charge in [-0.3, -0.25) is 9.59 Å². The predicted octanol–water partition coefficient (Wildman–Crippen LogP) is 1.91. The summed E-state index contributed by atoms with van der Waals surface area (Å²) in [6.07, 6.45) is 0. The number of benzene rings is 2. The number of methoxy groups -OCH3 is 2. The van der Waals surface area contributed by atoms with E-state index in [-0.39, 0.29) is 24.9 Å². The summed E-state index contributed by atoms with van der Waals surface area (Å²) >= 11 is 0. The lowest BCUT2D eigenvalue weighted by Gasteiger charge is -2.09. The van der Waals surface area contributed by atoms with Crippen LogP contribution in [0.5, 0.6) is 11.5 Å². The van der Waals surface area contributed by atoms with Gasteiger partial charge in [-0.15, -0.1) is 0 Å². The van der Waals surface area contributed by atoms with Crippen molar-refractivity contribution in [1.29, 1.82) is 0 Å². The highest BCUT2D eigenvalue weighted by molar-refractivity contribution is 5.97. The molecule has 2 amide bonds. The highest BCUT2D eigenvalue weighted by Gasteiger charge is 2.16. The molecule has 0 radical (unpaired) electrons. The number of carbonyl (C=O) groups excluding carboxylic acids is 2. The van der Waals surface area contributed by atoms with Gasteiger partial charge in [-0.25, -0.2) is 0 Å². The molecule has 0 unspecified atom stereocenters. The van der Waals surface area contributed by atoms with Crippen LogP contribution in [-0.2, 0) is 0 Å². The SMILES string of the molecule is COc1ccc(-c2noc(C(=O)NCCNC(=O)c3ccccc3OC)n2)cc1. The van der Waals surface area contributed by atoms with E-state index < -0.39 is 5.91 Å². The van der Waals surface area contributed by atoms with E-state index in [4.69, 9.17) is 14.0 Å². The fourth-order valence-electron chi connectivity index (χ4n) is 2.53. The molecule has 0 atom stereocenters. The van der Waals surface area contributed by atoms with Crippen LogP contribution in [0.3, 0.4) is 0 Å². The maximum Gasteiger partial charge on any atom is 0.316 e. The van der Waals surface area contributed by atoms with Crippen LogP contribution in [0, 0.1) is 0 Å². The van der Waals surface area contributed by atoms with Gasteiger partial charge in [0.1, 0.15) is 11.5 Å². The van der Waals surface area contributed by atoms with Crippen molar-refractivity contribution in [2.45, 2.75) is 0 Å². The number of amides is 2. The Kier molecular flexibility index (Phi) is 6.41. The zero-order valence-electron chi connectivity index (χ0n) is 16.0. The van der Waals surface area contributed by atoms with Crippen molar-refractivity contribution in [1.82, 2.24) is 20.8 Å². The molecule has 3 rings (SSSR count). The fourth-order valence-corrected chi connectivity index (χ4v) is 2.53. The van der Waals surface area contributed by atoms with Crippen LogP contribution in [0.4, 0.5) is 0 Å². The maximum absolute atomic E-state index is 12.2. The lowest BCUT2D eigenvalue weighted by molar-refractivity contribution is 0.0897. The van der Waals surface area contributed by atoms with Crippen LogP contribution < -0.4 is 20.1 Å². The molecule has 0 fully saturated rings. The zero-order chi connectivity index (χ0) is 20.6. The van der Waals surface area contributed by atoms with E-state index >= 15 is 0 Å². The quantitative estimate of drug-likeness (QED) is 0.559. The number of aromatic nitrogens is 2. The van der Waals surface area contributed by atoms with Gasteiger partial charge in [-0.2, -0.15) is 4.98 Å². The van der Waals surface area contributed by atoms with Crippen LogP contribution in [-0.4, -0.2) is 49.3 Å². The van der Waals surface area contributed by atoms with Crippen molar-refractivity contribution in [2.75, 3.05) is 27.3 Å². The standard InChI is InChI=1S/C20H20N4O5/c1-27-14-9-7-13(8-10-14)17-23-20(29-24-17)19(26)22-12-11-21-18(25)15-5-3-4-6-16(15)28-2/h3-10H,11-12H2,1-2H3,(H,21,25)(H,22,26). The van der Waals surface area contributed by atoms with E-state index in [0.29, 0.717) is 28.5 Å². The topological polar surface area (TPSA) is 116 Å². The number of carbonyl (C=O) groups is 2. The summed E-state index contributed by atoms with van der Waals surface area (Å²) in [7, 11) is 3.07. The minimum absolute atomic E-state index is 0.160. The van der Waals surface area contributed by atoms with E-state index in [1.54, 1.807) is 55.6 Å². The Labute approximate surface area is 167 Å². The summed E-state index contributed by atoms with van der Waals surface area (Å²) in [4.78, 5) is 28.4. The molecule has 29 heavy (non-hydrogen) atoms. The van der Waals surface area contributed by atoms with Gasteiger partial charge in [0.05, 0.1) is 19.8 Å². The monoisotopic (exact) mass is 396 g/mol. The number of hydrogen-bond acceptors (Lipinski definition) is 7. The zero-order valence-corrected chi connectivity index (χ0v) is 16.0. The third-order valence-electron chi connectivity index (χ3n) is 4.02. The summed E-state index contributed by atoms with van der Waals surface area (Å²) < 4.78 is 15.3. The lowest BCUT2D eigenvalue weighted by atomic mass is 10.2. The molecule has 0 aliphatic heterocycles. The molecule has 2 N–H and O–H groups in total. The molecule has 0 bridgehead atoms. The van der Waals surface area contributed by atoms with Crippen molar-refractivity contribution < 1.29 is 23.6 Å². The molecule has 0 spiro atoms. The van der Waals surface area contributed by atoms with Crippen molar-refractivity contribution in [3.05, 3.63) is 60.0 Å². The van der Waals surface area contributed by atoms with Crippen molar-refractivity contribution in [3.8, 4) is 22.9 Å². The Balaban J connectivity index is 1.50. The largest absolute Gasteiger partial charge is 0.497 e. The average Bonchev–Trinajstić information content (AvgIpc) is 3.27. The first-order chi connectivity index (χ1) is 14.1. The lowest BCUT2D eigenvalue weighted by Crippen LogP contribution is -2.34. The Morgan fingerprint density at radius 1 is 0.931 bits per heavy atom. The number of para-hydroxylation sites is 1. The van der Waals surface area contributed by atoms with Crippen LogP contribution in [0.1, 0.15) is 21.0 Å². The molecule has 3 aromatic rings. The highest BCUT2D eigenvalue weighted by atomic mass is 16.5. The van der Waals surface area contributed by atoms with Gasteiger partial charge in [0.15, 0.2) is 0 Å². The van der Waals surface area contributed by atoms with Crippen LogP contribution >= 0.6 is 0 Å². The van der Waals surface area contributed by atoms with E-state index in [0.717, 1.165) is 0 Å². The fraction of sp³-hybridized carbons (Fsp3) is 0.200. The number of hydrogen-bond donors (Lipinski definition) is 2. The molecule has 9 heteroatoms. The van der Waals surface area contributed by atoms with Crippen LogP contribution in [0.25, 0.3) is 11.4 Å². The predicted molar refractivity (Wildman–Crippen MR) is 104 cm³/mol. The number of nitrogens with zero attached hydrogens (tertiary/aromatic N) is 2. The van der Waals surface area contributed by atoms with E-state index in [9.17, 15) is 9.59 Å². The average molecular weight is 396 g/mol. The first-order valence-electron chi connectivity index (χ1n) is 8.80. The molecular weight excluding hydrogens is 376 g/mol. The molecule has 1 heterocycles. The third-order valence-corrected chi connectivity index (χ3v) is 4.02. The normalized spacial score (nSPS) is 10.3. The minimum atomic E-state index is -0.524. The molecule has 0 saturated heterocycles. The van der Waals surface area contributed by atoms with Crippen molar-refractivity contribution in [3.63, 3.8) is 0 Å². The van der Waals surface area contributed by atoms with Gasteiger partial charge in [0, 0.05) is 18.7 Å². The Hall–Kier alpha value is -3.88. The Bertz CT molecular complexity index is 985. The molecular formula is C20H20N4O5. The van der Waals surface area contributed by atoms with Crippen molar-refractivity contribution >= 4 is 11.8 Å². The molecule has 0 saturated carbocycles. The second kappa shape index (κ2) is 9.36. The summed E-state index contributed by atoms with van der Waals surface area (Å²) in [5.74, 6) is 0.491. The molecule has 0 aliphatic rings. The summed E-state index contributed by atoms with van der Waals surface area (Å²) in [5.41, 5.74) is 1.11. The van der Waals surface area contributed by atoms with Gasteiger partial charge < -0.3 is 24.6 Å². The summed E-state index contributed by atoms with van der Waals surface area (Å²) in [6, 6.07) is 13.9. The van der Waals surface area contributed by atoms with Gasteiger partial charge in [-0.1, -0.05) is 17.3 Å². The number of ether oxygens (including phenoxy) is 2. The number of rotatable bonds is 8. The van der Waals surface area contributed by atoms with E-state index in [1.165, 1.54) is 7.11 Å². The molecule has 9 nitrogen and oxygen atoms in total. The molecule has 1 aromatic heterocycles. The van der Waals surface area contributed by atoms with E-state index in [2.05, 4.69) is 20.8 Å². The number of nitrogens with one attached hydrogen (secondary N) is 2. The second-order valence-corrected chi connectivity index (χ2v) is 5.86. The Morgan fingerprint density at radius 2 is 1.62 bits per heavy atom. The van der Waals surface area contributed by atoms with Gasteiger partial charge in [0.25, 0.3) is 5.91 Å². The summed E-state index contributed by atoms with van der Waals surface area (Å²) in [6.45, 7) is 0.419. The summed E-state index contributed by atoms with van der Waals surface area (Å²) in [5, 5.41) is 9.13. The van der Waals surface area contributed by atoms with E-state index in [1.807, 2.05) is 0 Å². The molecule has 150 valence electrons. The second-order valence-electron chi connectivity index (χ2n) is 5.86. The van der Waals surface area contributed by atoms with Crippen LogP contribution in [0.2, 0.25) is 0 Å². The smallest absolute Gasteiger partial charge is 0.316 e. The maximum atomic E-state index is 12.2. The Morgan fingerprint density at radius 3 is 2.31 bits per heavy atom. The first kappa shape index (κ1) is 19.9. The first-order valence-corrected chi connectivity index (χ1v) is 8.80. The van der Waals surface area contributed by atoms with Crippen molar-refractivity contribution in [2.24, 2.45) is 0 Å².